The van der Waals surface area contributed by atoms with Crippen LogP contribution in [0.5, 0.6) is 0 Å². The molecule has 0 aliphatic rings. The van der Waals surface area contributed by atoms with Crippen LogP contribution in [0.2, 0.25) is 0 Å². The van der Waals surface area contributed by atoms with E-state index in [1.807, 2.05) is 78.7 Å². The van der Waals surface area contributed by atoms with Gasteiger partial charge in [0.2, 0.25) is 5.91 Å². The molecule has 3 aromatic carbocycles. The lowest BCUT2D eigenvalue weighted by atomic mass is 10.1. The molecule has 2 N–H and O–H groups in total. The molecule has 0 aliphatic heterocycles. The predicted octanol–water partition coefficient (Wildman–Crippen LogP) is 4.57. The third-order valence-corrected chi connectivity index (χ3v) is 4.79. The third-order valence-electron chi connectivity index (χ3n) is 4.79. The number of likely N-dealkylation sites (N-methyl/N-ethyl adjacent to an activating group) is 1. The molecular weight excluding hydrogens is 374 g/mol. The molecule has 0 fully saturated rings. The smallest absolute Gasteiger partial charge is 0.255 e. The maximum absolute atomic E-state index is 12.4. The largest absolute Gasteiger partial charge is 0.325 e. The summed E-state index contributed by atoms with van der Waals surface area (Å²) in [7, 11) is 1.90. The average Bonchev–Trinajstić information content (AvgIpc) is 2.75. The van der Waals surface area contributed by atoms with Crippen molar-refractivity contribution >= 4 is 23.2 Å². The van der Waals surface area contributed by atoms with Gasteiger partial charge in [0.1, 0.15) is 0 Å². The van der Waals surface area contributed by atoms with E-state index < -0.39 is 0 Å². The SMILES string of the molecule is CCc1ccccc1NC(=O)CN(C)Cc1ccc(C(=O)Nc2ccccc2)cc1. The maximum Gasteiger partial charge on any atom is 0.255 e. The van der Waals surface area contributed by atoms with Gasteiger partial charge >= 0.3 is 0 Å². The fourth-order valence-electron chi connectivity index (χ4n) is 3.24. The normalized spacial score (nSPS) is 10.6. The summed E-state index contributed by atoms with van der Waals surface area (Å²) < 4.78 is 0. The molecule has 0 aromatic heterocycles. The molecule has 0 saturated heterocycles. The monoisotopic (exact) mass is 401 g/mol. The van der Waals surface area contributed by atoms with Crippen molar-refractivity contribution in [3.8, 4) is 0 Å². The molecule has 5 nitrogen and oxygen atoms in total. The zero-order chi connectivity index (χ0) is 21.3. The number of carbonyl (C=O) groups is 2. The van der Waals surface area contributed by atoms with Gasteiger partial charge in [-0.15, -0.1) is 0 Å². The number of para-hydroxylation sites is 2. The molecule has 154 valence electrons. The number of benzene rings is 3. The van der Waals surface area contributed by atoms with Gasteiger partial charge in [-0.1, -0.05) is 55.5 Å². The topological polar surface area (TPSA) is 61.4 Å². The number of nitrogens with one attached hydrogen (secondary N) is 2. The lowest BCUT2D eigenvalue weighted by molar-refractivity contribution is -0.117. The van der Waals surface area contributed by atoms with Crippen LogP contribution in [0.1, 0.15) is 28.4 Å². The van der Waals surface area contributed by atoms with Crippen molar-refractivity contribution in [2.45, 2.75) is 19.9 Å². The van der Waals surface area contributed by atoms with Gasteiger partial charge in [0, 0.05) is 23.5 Å². The summed E-state index contributed by atoms with van der Waals surface area (Å²) in [6, 6.07) is 24.7. The first kappa shape index (κ1) is 21.3. The van der Waals surface area contributed by atoms with Gasteiger partial charge in [-0.3, -0.25) is 14.5 Å². The number of hydrogen-bond donors (Lipinski definition) is 2. The second-order valence-corrected chi connectivity index (χ2v) is 7.25. The molecule has 5 heteroatoms. The van der Waals surface area contributed by atoms with E-state index >= 15 is 0 Å². The van der Waals surface area contributed by atoms with E-state index in [1.54, 1.807) is 12.1 Å². The molecule has 0 unspecified atom stereocenters. The molecule has 0 saturated carbocycles. The zero-order valence-electron chi connectivity index (χ0n) is 17.4. The number of anilines is 2. The van der Waals surface area contributed by atoms with Gasteiger partial charge in [0.15, 0.2) is 0 Å². The molecule has 2 amide bonds. The Morgan fingerprint density at radius 2 is 1.50 bits per heavy atom. The number of hydrogen-bond acceptors (Lipinski definition) is 3. The summed E-state index contributed by atoms with van der Waals surface area (Å²) in [6.45, 7) is 2.97. The summed E-state index contributed by atoms with van der Waals surface area (Å²) in [4.78, 5) is 26.7. The Labute approximate surface area is 177 Å². The second kappa shape index (κ2) is 10.4. The predicted molar refractivity (Wildman–Crippen MR) is 122 cm³/mol. The van der Waals surface area contributed by atoms with Crippen LogP contribution in [0, 0.1) is 0 Å². The fourth-order valence-corrected chi connectivity index (χ4v) is 3.24. The highest BCUT2D eigenvalue weighted by Gasteiger charge is 2.10. The number of rotatable bonds is 8. The summed E-state index contributed by atoms with van der Waals surface area (Å²) in [5.74, 6) is -0.188. The Hall–Kier alpha value is -3.44. The molecule has 0 spiro atoms. The highest BCUT2D eigenvalue weighted by molar-refractivity contribution is 6.04. The van der Waals surface area contributed by atoms with Crippen LogP contribution in [0.15, 0.2) is 78.9 Å². The highest BCUT2D eigenvalue weighted by Crippen LogP contribution is 2.15. The maximum atomic E-state index is 12.4. The Kier molecular flexibility index (Phi) is 7.35. The van der Waals surface area contributed by atoms with Crippen molar-refractivity contribution in [1.82, 2.24) is 4.90 Å². The molecule has 30 heavy (non-hydrogen) atoms. The number of nitrogens with zero attached hydrogens (tertiary/aromatic N) is 1. The first-order chi connectivity index (χ1) is 14.5. The van der Waals surface area contributed by atoms with Crippen LogP contribution < -0.4 is 10.6 Å². The molecule has 3 aromatic rings. The lowest BCUT2D eigenvalue weighted by Gasteiger charge is -2.17. The van der Waals surface area contributed by atoms with Crippen molar-refractivity contribution < 1.29 is 9.59 Å². The van der Waals surface area contributed by atoms with Crippen molar-refractivity contribution in [3.63, 3.8) is 0 Å². The van der Waals surface area contributed by atoms with Crippen LogP contribution in [0.25, 0.3) is 0 Å². The fraction of sp³-hybridized carbons (Fsp3) is 0.200. The molecule has 0 heterocycles. The van der Waals surface area contributed by atoms with Gasteiger partial charge < -0.3 is 10.6 Å². The summed E-state index contributed by atoms with van der Waals surface area (Å²) >= 11 is 0. The van der Waals surface area contributed by atoms with Crippen LogP contribution in [0.3, 0.4) is 0 Å². The zero-order valence-corrected chi connectivity index (χ0v) is 17.4. The van der Waals surface area contributed by atoms with Gasteiger partial charge in [-0.2, -0.15) is 0 Å². The van der Waals surface area contributed by atoms with Crippen molar-refractivity contribution in [2.75, 3.05) is 24.2 Å². The van der Waals surface area contributed by atoms with Gasteiger partial charge in [-0.05, 0) is 54.9 Å². The van der Waals surface area contributed by atoms with Crippen molar-refractivity contribution in [1.29, 1.82) is 0 Å². The minimum atomic E-state index is -0.143. The Morgan fingerprint density at radius 3 is 2.20 bits per heavy atom. The van der Waals surface area contributed by atoms with E-state index in [0.29, 0.717) is 12.1 Å². The van der Waals surface area contributed by atoms with E-state index in [-0.39, 0.29) is 18.4 Å². The van der Waals surface area contributed by atoms with Gasteiger partial charge in [0.25, 0.3) is 5.91 Å². The molecule has 0 aliphatic carbocycles. The Balaban J connectivity index is 1.52. The Bertz CT molecular complexity index is 985. The van der Waals surface area contributed by atoms with Crippen LogP contribution in [0.4, 0.5) is 11.4 Å². The average molecular weight is 402 g/mol. The number of aryl methyl sites for hydroxylation is 1. The van der Waals surface area contributed by atoms with Crippen LogP contribution in [-0.2, 0) is 17.8 Å². The summed E-state index contributed by atoms with van der Waals surface area (Å²) in [5, 5.41) is 5.87. The van der Waals surface area contributed by atoms with E-state index in [1.165, 1.54) is 0 Å². The molecule has 0 radical (unpaired) electrons. The number of amides is 2. The molecule has 0 atom stereocenters. The van der Waals surface area contributed by atoms with E-state index in [2.05, 4.69) is 17.6 Å². The minimum Gasteiger partial charge on any atom is -0.325 e. The molecule has 3 rings (SSSR count). The summed E-state index contributed by atoms with van der Waals surface area (Å²) in [6.07, 6.45) is 0.872. The van der Waals surface area contributed by atoms with Crippen LogP contribution >= 0.6 is 0 Å². The standard InChI is InChI=1S/C25H27N3O2/c1-3-20-9-7-8-12-23(20)27-24(29)18-28(2)17-19-13-15-21(16-14-19)25(30)26-22-10-5-4-6-11-22/h4-16H,3,17-18H2,1-2H3,(H,26,30)(H,27,29). The van der Waals surface area contributed by atoms with Crippen LogP contribution in [-0.4, -0.2) is 30.3 Å². The number of carbonyl (C=O) groups excluding carboxylic acids is 2. The van der Waals surface area contributed by atoms with Crippen molar-refractivity contribution in [3.05, 3.63) is 95.6 Å². The minimum absolute atomic E-state index is 0.0442. The third kappa shape index (κ3) is 6.03. The van der Waals surface area contributed by atoms with E-state index in [0.717, 1.165) is 28.9 Å². The van der Waals surface area contributed by atoms with Crippen molar-refractivity contribution in [2.24, 2.45) is 0 Å². The summed E-state index contributed by atoms with van der Waals surface area (Å²) in [5.41, 5.74) is 4.39. The van der Waals surface area contributed by atoms with E-state index in [4.69, 9.17) is 0 Å². The second-order valence-electron chi connectivity index (χ2n) is 7.25. The Morgan fingerprint density at radius 1 is 0.833 bits per heavy atom. The van der Waals surface area contributed by atoms with E-state index in [9.17, 15) is 9.59 Å². The first-order valence-corrected chi connectivity index (χ1v) is 10.1. The lowest BCUT2D eigenvalue weighted by Crippen LogP contribution is -2.30. The van der Waals surface area contributed by atoms with Gasteiger partial charge in [-0.25, -0.2) is 0 Å². The highest BCUT2D eigenvalue weighted by atomic mass is 16.2. The van der Waals surface area contributed by atoms with Gasteiger partial charge in [0.05, 0.1) is 6.54 Å². The quantitative estimate of drug-likeness (QED) is 0.581. The molecular formula is C25H27N3O2. The first-order valence-electron chi connectivity index (χ1n) is 10.1. The molecule has 0 bridgehead atoms.